The number of carbonyl (C=O) groups is 1. The van der Waals surface area contributed by atoms with Crippen LogP contribution in [0, 0.1) is 0 Å². The third kappa shape index (κ3) is 3.54. The first kappa shape index (κ1) is 13.1. The number of sulfonamides is 1. The molecule has 1 aromatic rings. The smallest absolute Gasteiger partial charge is 0.347 e. The van der Waals surface area contributed by atoms with E-state index >= 15 is 0 Å². The largest absolute Gasteiger partial charge is 0.477 e. The number of carboxylic acid groups (broad SMARTS) is 1. The van der Waals surface area contributed by atoms with Crippen molar-refractivity contribution in [1.82, 2.24) is 4.98 Å². The van der Waals surface area contributed by atoms with Gasteiger partial charge < -0.3 is 5.11 Å². The summed E-state index contributed by atoms with van der Waals surface area (Å²) in [5.41, 5.74) is 0.429. The highest BCUT2D eigenvalue weighted by atomic mass is 32.2. The maximum absolute atomic E-state index is 10.9. The van der Waals surface area contributed by atoms with Crippen LogP contribution in [0.2, 0.25) is 0 Å². The molecule has 0 unspecified atom stereocenters. The number of aromatic nitrogens is 1. The Hall–Kier alpha value is -0.990. The van der Waals surface area contributed by atoms with E-state index in [2.05, 4.69) is 4.98 Å². The number of aryl methyl sites for hydroxylation is 1. The lowest BCUT2D eigenvalue weighted by molar-refractivity contribution is 0.0700. The van der Waals surface area contributed by atoms with E-state index in [1.54, 1.807) is 0 Å². The number of carboxylic acids is 1. The van der Waals surface area contributed by atoms with Crippen LogP contribution in [0.1, 0.15) is 33.7 Å². The number of rotatable bonds is 5. The molecule has 0 saturated carbocycles. The van der Waals surface area contributed by atoms with Crippen molar-refractivity contribution in [3.8, 4) is 0 Å². The Kier molecular flexibility index (Phi) is 4.00. The van der Waals surface area contributed by atoms with Crippen molar-refractivity contribution < 1.29 is 18.3 Å². The molecule has 1 aromatic heterocycles. The van der Waals surface area contributed by atoms with Gasteiger partial charge in [0, 0.05) is 0 Å². The average Bonchev–Trinajstić information content (AvgIpc) is 2.45. The van der Waals surface area contributed by atoms with Crippen molar-refractivity contribution in [3.05, 3.63) is 15.6 Å². The standard InChI is InChI=1S/C8H12N2O4S2/c1-2-3-5-7(8(11)12)15-6(10-5)4-16(9,13)14/h2-4H2,1H3,(H,11,12)(H2,9,13,14). The van der Waals surface area contributed by atoms with Crippen LogP contribution in [0.25, 0.3) is 0 Å². The summed E-state index contributed by atoms with van der Waals surface area (Å²) in [5.74, 6) is -1.50. The summed E-state index contributed by atoms with van der Waals surface area (Å²) in [6.45, 7) is 1.89. The summed E-state index contributed by atoms with van der Waals surface area (Å²) in [7, 11) is -3.67. The van der Waals surface area contributed by atoms with Crippen molar-refractivity contribution >= 4 is 27.3 Å². The topological polar surface area (TPSA) is 110 Å². The molecule has 0 aliphatic carbocycles. The van der Waals surface area contributed by atoms with Crippen molar-refractivity contribution in [1.29, 1.82) is 0 Å². The van der Waals surface area contributed by atoms with Gasteiger partial charge in [-0.15, -0.1) is 11.3 Å². The first-order valence-corrected chi connectivity index (χ1v) is 7.09. The normalized spacial score (nSPS) is 11.6. The number of primary sulfonamides is 1. The van der Waals surface area contributed by atoms with Gasteiger partial charge in [0.15, 0.2) is 0 Å². The van der Waals surface area contributed by atoms with Crippen molar-refractivity contribution in [3.63, 3.8) is 0 Å². The first-order valence-electron chi connectivity index (χ1n) is 4.56. The van der Waals surface area contributed by atoms with Crippen LogP contribution in [0.3, 0.4) is 0 Å². The highest BCUT2D eigenvalue weighted by Gasteiger charge is 2.18. The van der Waals surface area contributed by atoms with Gasteiger partial charge in [0.05, 0.1) is 5.69 Å². The fourth-order valence-corrected chi connectivity index (χ4v) is 3.09. The molecule has 0 aromatic carbocycles. The molecule has 0 spiro atoms. The number of nitrogens with two attached hydrogens (primary N) is 1. The zero-order chi connectivity index (χ0) is 12.3. The number of aromatic carboxylic acids is 1. The molecule has 16 heavy (non-hydrogen) atoms. The lowest BCUT2D eigenvalue weighted by Gasteiger charge is -1.93. The fourth-order valence-electron chi connectivity index (χ4n) is 1.21. The summed E-state index contributed by atoms with van der Waals surface area (Å²) >= 11 is 0.865. The summed E-state index contributed by atoms with van der Waals surface area (Å²) in [6, 6.07) is 0. The van der Waals surface area contributed by atoms with Gasteiger partial charge in [-0.05, 0) is 6.42 Å². The van der Waals surface area contributed by atoms with E-state index < -0.39 is 21.7 Å². The first-order chi connectivity index (χ1) is 7.33. The Morgan fingerprint density at radius 1 is 1.56 bits per heavy atom. The van der Waals surface area contributed by atoms with E-state index in [4.69, 9.17) is 10.2 Å². The minimum Gasteiger partial charge on any atom is -0.477 e. The molecule has 0 atom stereocenters. The number of hydrogen-bond acceptors (Lipinski definition) is 5. The van der Waals surface area contributed by atoms with Gasteiger partial charge in [-0.2, -0.15) is 0 Å². The van der Waals surface area contributed by atoms with Crippen LogP contribution in [0.15, 0.2) is 0 Å². The highest BCUT2D eigenvalue weighted by molar-refractivity contribution is 7.88. The second kappa shape index (κ2) is 4.89. The Labute approximate surface area is 97.2 Å². The second-order valence-corrected chi connectivity index (χ2v) is 5.94. The predicted octanol–water partition coefficient (Wildman–Crippen LogP) is 0.582. The Morgan fingerprint density at radius 3 is 2.62 bits per heavy atom. The van der Waals surface area contributed by atoms with Crippen LogP contribution in [0.4, 0.5) is 0 Å². The van der Waals surface area contributed by atoms with E-state index in [-0.39, 0.29) is 9.88 Å². The Bertz CT molecular complexity index is 492. The summed E-state index contributed by atoms with van der Waals surface area (Å²) in [5, 5.41) is 14.0. The van der Waals surface area contributed by atoms with E-state index in [0.29, 0.717) is 12.1 Å². The molecule has 0 fully saturated rings. The molecule has 3 N–H and O–H groups in total. The third-order valence-electron chi connectivity index (χ3n) is 1.75. The maximum atomic E-state index is 10.9. The summed E-state index contributed by atoms with van der Waals surface area (Å²) < 4.78 is 21.7. The molecule has 8 heteroatoms. The highest BCUT2D eigenvalue weighted by Crippen LogP contribution is 2.21. The molecule has 0 radical (unpaired) electrons. The molecule has 0 amide bonds. The number of thiazole rings is 1. The van der Waals surface area contributed by atoms with Gasteiger partial charge in [-0.3, -0.25) is 0 Å². The maximum Gasteiger partial charge on any atom is 0.347 e. The van der Waals surface area contributed by atoms with Gasteiger partial charge in [-0.1, -0.05) is 13.3 Å². The van der Waals surface area contributed by atoms with Crippen molar-refractivity contribution in [2.24, 2.45) is 5.14 Å². The van der Waals surface area contributed by atoms with Crippen LogP contribution >= 0.6 is 11.3 Å². The lowest BCUT2D eigenvalue weighted by Crippen LogP contribution is -2.14. The Balaban J connectivity index is 3.06. The molecule has 1 heterocycles. The van der Waals surface area contributed by atoms with Crippen LogP contribution in [0.5, 0.6) is 0 Å². The Morgan fingerprint density at radius 2 is 2.19 bits per heavy atom. The van der Waals surface area contributed by atoms with Gasteiger partial charge >= 0.3 is 5.97 Å². The monoisotopic (exact) mass is 264 g/mol. The van der Waals surface area contributed by atoms with E-state index in [1.807, 2.05) is 6.92 Å². The van der Waals surface area contributed by atoms with Gasteiger partial charge in [0.2, 0.25) is 10.0 Å². The van der Waals surface area contributed by atoms with Gasteiger partial charge in [-0.25, -0.2) is 23.3 Å². The lowest BCUT2D eigenvalue weighted by atomic mass is 10.2. The molecular formula is C8H12N2O4S2. The van der Waals surface area contributed by atoms with Crippen LogP contribution < -0.4 is 5.14 Å². The number of nitrogens with zero attached hydrogens (tertiary/aromatic N) is 1. The fraction of sp³-hybridized carbons (Fsp3) is 0.500. The molecule has 90 valence electrons. The minimum absolute atomic E-state index is 0.0977. The van der Waals surface area contributed by atoms with E-state index in [1.165, 1.54) is 0 Å². The summed E-state index contributed by atoms with van der Waals surface area (Å²) in [4.78, 5) is 14.9. The average molecular weight is 264 g/mol. The molecule has 0 aliphatic heterocycles. The third-order valence-corrected chi connectivity index (χ3v) is 3.69. The summed E-state index contributed by atoms with van der Waals surface area (Å²) in [6.07, 6.45) is 1.27. The molecule has 6 nitrogen and oxygen atoms in total. The molecule has 0 saturated heterocycles. The molecule has 0 bridgehead atoms. The minimum atomic E-state index is -3.67. The SMILES string of the molecule is CCCc1nc(CS(N)(=O)=O)sc1C(=O)O. The predicted molar refractivity (Wildman–Crippen MR) is 59.9 cm³/mol. The zero-order valence-corrected chi connectivity index (χ0v) is 10.3. The van der Waals surface area contributed by atoms with Gasteiger partial charge in [0.1, 0.15) is 15.6 Å². The molecule has 1 rings (SSSR count). The van der Waals surface area contributed by atoms with Crippen LogP contribution in [-0.2, 0) is 22.2 Å². The van der Waals surface area contributed by atoms with Crippen molar-refractivity contribution in [2.45, 2.75) is 25.5 Å². The second-order valence-electron chi connectivity index (χ2n) is 3.25. The quantitative estimate of drug-likeness (QED) is 0.808. The van der Waals surface area contributed by atoms with Crippen molar-refractivity contribution in [2.75, 3.05) is 0 Å². The zero-order valence-electron chi connectivity index (χ0n) is 8.63. The van der Waals surface area contributed by atoms with Gasteiger partial charge in [0.25, 0.3) is 0 Å². The number of hydrogen-bond donors (Lipinski definition) is 2. The van der Waals surface area contributed by atoms with E-state index in [9.17, 15) is 13.2 Å². The van der Waals surface area contributed by atoms with E-state index in [0.717, 1.165) is 17.8 Å². The molecular weight excluding hydrogens is 252 g/mol. The van der Waals surface area contributed by atoms with Crippen LogP contribution in [-0.4, -0.2) is 24.5 Å². The molecule has 0 aliphatic rings.